The Morgan fingerprint density at radius 3 is 2.51 bits per heavy atom. The molecule has 208 valence electrons. The number of hydrogen-bond acceptors (Lipinski definition) is 7. The standard InChI is InChI=1S/C28H30Cl2N2O6S/c1-16(2)14-38-10-6-8-17-7-5-9-19(25(17)37-4)23-15-39-28(31-23)32-26(33)18-11-21(29)20(22(30)12-18)13-24(36-3)27(34)35/h5,7,9,11-13,15-16H,6,8,10,14H2,1-4H3,(H,34,35)(H,31,32,33). The number of nitrogens with zero attached hydrogens (tertiary/aromatic N) is 1. The van der Waals surface area contributed by atoms with Crippen LogP contribution in [0.3, 0.4) is 0 Å². The maximum absolute atomic E-state index is 12.9. The van der Waals surface area contributed by atoms with Crippen molar-refractivity contribution in [1.29, 1.82) is 0 Å². The number of aromatic nitrogens is 1. The van der Waals surface area contributed by atoms with Gasteiger partial charge in [0.25, 0.3) is 5.91 Å². The van der Waals surface area contributed by atoms with Gasteiger partial charge in [0, 0.05) is 35.3 Å². The van der Waals surface area contributed by atoms with Crippen molar-refractivity contribution >= 4 is 57.6 Å². The zero-order valence-electron chi connectivity index (χ0n) is 22.0. The second-order valence-electron chi connectivity index (χ2n) is 8.93. The van der Waals surface area contributed by atoms with Gasteiger partial charge in [-0.3, -0.25) is 10.1 Å². The number of methoxy groups -OCH3 is 2. The Kier molecular flexibility index (Phi) is 11.2. The molecule has 39 heavy (non-hydrogen) atoms. The third kappa shape index (κ3) is 8.19. The predicted molar refractivity (Wildman–Crippen MR) is 155 cm³/mol. The zero-order valence-corrected chi connectivity index (χ0v) is 24.4. The molecule has 0 bridgehead atoms. The van der Waals surface area contributed by atoms with Crippen LogP contribution in [0.5, 0.6) is 5.75 Å². The first-order valence-corrected chi connectivity index (χ1v) is 13.8. The molecule has 8 nitrogen and oxygen atoms in total. The first-order valence-electron chi connectivity index (χ1n) is 12.1. The summed E-state index contributed by atoms with van der Waals surface area (Å²) in [6.07, 6.45) is 2.86. The summed E-state index contributed by atoms with van der Waals surface area (Å²) in [6.45, 7) is 5.66. The predicted octanol–water partition coefficient (Wildman–Crippen LogP) is 7.05. The van der Waals surface area contributed by atoms with Gasteiger partial charge in [0.05, 0.1) is 30.0 Å². The van der Waals surface area contributed by atoms with E-state index in [0.29, 0.717) is 23.4 Å². The summed E-state index contributed by atoms with van der Waals surface area (Å²) in [7, 11) is 2.85. The number of anilines is 1. The van der Waals surface area contributed by atoms with Crippen molar-refractivity contribution in [1.82, 2.24) is 4.98 Å². The molecule has 0 spiro atoms. The number of para-hydroxylation sites is 1. The van der Waals surface area contributed by atoms with E-state index in [2.05, 4.69) is 24.1 Å². The fraction of sp³-hybridized carbons (Fsp3) is 0.321. The van der Waals surface area contributed by atoms with Crippen molar-refractivity contribution < 1.29 is 28.9 Å². The maximum atomic E-state index is 12.9. The van der Waals surface area contributed by atoms with Crippen LogP contribution in [0.2, 0.25) is 10.0 Å². The number of carboxylic acids is 1. The third-order valence-electron chi connectivity index (χ3n) is 5.53. The number of thiazole rings is 1. The van der Waals surface area contributed by atoms with E-state index in [1.807, 2.05) is 23.6 Å². The number of aryl methyl sites for hydroxylation is 1. The quantitative estimate of drug-likeness (QED) is 0.124. The van der Waals surface area contributed by atoms with E-state index in [1.165, 1.54) is 36.7 Å². The van der Waals surface area contributed by atoms with E-state index in [9.17, 15) is 9.59 Å². The average Bonchev–Trinajstić information content (AvgIpc) is 3.35. The minimum atomic E-state index is -1.27. The summed E-state index contributed by atoms with van der Waals surface area (Å²) in [4.78, 5) is 28.7. The maximum Gasteiger partial charge on any atom is 0.371 e. The lowest BCUT2D eigenvalue weighted by Gasteiger charge is -2.13. The highest BCUT2D eigenvalue weighted by Crippen LogP contribution is 2.36. The van der Waals surface area contributed by atoms with Crippen LogP contribution < -0.4 is 10.1 Å². The number of ether oxygens (including phenoxy) is 3. The Morgan fingerprint density at radius 1 is 1.18 bits per heavy atom. The van der Waals surface area contributed by atoms with Gasteiger partial charge in [-0.15, -0.1) is 11.3 Å². The monoisotopic (exact) mass is 592 g/mol. The number of rotatable bonds is 13. The Labute approximate surface area is 241 Å². The van der Waals surface area contributed by atoms with Crippen molar-refractivity contribution in [2.45, 2.75) is 26.7 Å². The number of hydrogen-bond donors (Lipinski definition) is 2. The number of carbonyl (C=O) groups is 2. The molecular weight excluding hydrogens is 563 g/mol. The number of carbonyl (C=O) groups excluding carboxylic acids is 1. The van der Waals surface area contributed by atoms with E-state index in [-0.39, 0.29) is 26.9 Å². The molecule has 0 fully saturated rings. The van der Waals surface area contributed by atoms with Crippen molar-refractivity contribution in [3.8, 4) is 17.0 Å². The van der Waals surface area contributed by atoms with Crippen LogP contribution in [0.1, 0.15) is 41.8 Å². The molecule has 0 aliphatic rings. The number of aliphatic carboxylic acids is 1. The van der Waals surface area contributed by atoms with Gasteiger partial charge in [0.1, 0.15) is 5.75 Å². The molecule has 0 saturated carbocycles. The van der Waals surface area contributed by atoms with Gasteiger partial charge in [-0.05, 0) is 48.6 Å². The summed E-state index contributed by atoms with van der Waals surface area (Å²) < 4.78 is 16.3. The van der Waals surface area contributed by atoms with Crippen molar-refractivity contribution in [3.63, 3.8) is 0 Å². The molecule has 0 saturated heterocycles. The third-order valence-corrected chi connectivity index (χ3v) is 6.92. The molecule has 0 atom stereocenters. The van der Waals surface area contributed by atoms with Crippen LogP contribution in [0.15, 0.2) is 41.5 Å². The Hall–Kier alpha value is -3.11. The van der Waals surface area contributed by atoms with E-state index in [0.717, 1.165) is 36.3 Å². The molecule has 11 heteroatoms. The first kappa shape index (κ1) is 30.4. The van der Waals surface area contributed by atoms with Crippen LogP contribution in [0.25, 0.3) is 17.3 Å². The highest BCUT2D eigenvalue weighted by atomic mass is 35.5. The van der Waals surface area contributed by atoms with E-state index in [4.69, 9.17) is 42.5 Å². The molecule has 2 aromatic carbocycles. The molecule has 0 aliphatic heterocycles. The number of nitrogens with one attached hydrogen (secondary N) is 1. The SMILES string of the molecule is COC(=Cc1c(Cl)cc(C(=O)Nc2nc(-c3cccc(CCCOCC(C)C)c3OC)cs2)cc1Cl)C(=O)O. The fourth-order valence-electron chi connectivity index (χ4n) is 3.72. The van der Waals surface area contributed by atoms with Crippen LogP contribution in [-0.4, -0.2) is 49.4 Å². The van der Waals surface area contributed by atoms with Gasteiger partial charge in [-0.2, -0.15) is 0 Å². The highest BCUT2D eigenvalue weighted by molar-refractivity contribution is 7.14. The van der Waals surface area contributed by atoms with E-state index >= 15 is 0 Å². The van der Waals surface area contributed by atoms with Gasteiger partial charge in [0.15, 0.2) is 5.13 Å². The van der Waals surface area contributed by atoms with Crippen molar-refractivity contribution in [2.75, 3.05) is 32.8 Å². The lowest BCUT2D eigenvalue weighted by atomic mass is 10.0. The van der Waals surface area contributed by atoms with Gasteiger partial charge in [0.2, 0.25) is 5.76 Å². The van der Waals surface area contributed by atoms with Crippen LogP contribution in [0.4, 0.5) is 5.13 Å². The molecule has 0 radical (unpaired) electrons. The molecule has 1 aromatic heterocycles. The van der Waals surface area contributed by atoms with Crippen LogP contribution in [0, 0.1) is 5.92 Å². The van der Waals surface area contributed by atoms with Crippen molar-refractivity contribution in [3.05, 3.63) is 68.2 Å². The number of amides is 1. The second-order valence-corrected chi connectivity index (χ2v) is 10.6. The fourth-order valence-corrected chi connectivity index (χ4v) is 5.03. The molecule has 3 aromatic rings. The molecule has 1 amide bonds. The largest absolute Gasteiger partial charge is 0.496 e. The second kappa shape index (κ2) is 14.3. The molecule has 1 heterocycles. The molecule has 0 unspecified atom stereocenters. The number of halogens is 2. The van der Waals surface area contributed by atoms with Crippen molar-refractivity contribution in [2.24, 2.45) is 5.92 Å². The zero-order chi connectivity index (χ0) is 28.5. The van der Waals surface area contributed by atoms with E-state index < -0.39 is 11.9 Å². The number of carboxylic acid groups (broad SMARTS) is 1. The molecular formula is C28H30Cl2N2O6S. The minimum absolute atomic E-state index is 0.0967. The number of benzene rings is 2. The summed E-state index contributed by atoms with van der Waals surface area (Å²) in [5.41, 5.74) is 2.96. The smallest absolute Gasteiger partial charge is 0.371 e. The summed E-state index contributed by atoms with van der Waals surface area (Å²) in [5, 5.41) is 14.3. The topological polar surface area (TPSA) is 107 Å². The van der Waals surface area contributed by atoms with E-state index in [1.54, 1.807) is 7.11 Å². The Balaban J connectivity index is 1.75. The average molecular weight is 594 g/mol. The molecule has 3 rings (SSSR count). The highest BCUT2D eigenvalue weighted by Gasteiger charge is 2.18. The van der Waals surface area contributed by atoms with Gasteiger partial charge in [-0.1, -0.05) is 49.2 Å². The molecule has 0 aliphatic carbocycles. The van der Waals surface area contributed by atoms with Gasteiger partial charge >= 0.3 is 5.97 Å². The minimum Gasteiger partial charge on any atom is -0.496 e. The van der Waals surface area contributed by atoms with Gasteiger partial charge in [-0.25, -0.2) is 9.78 Å². The summed E-state index contributed by atoms with van der Waals surface area (Å²) >= 11 is 13.9. The lowest BCUT2D eigenvalue weighted by Crippen LogP contribution is -2.12. The summed E-state index contributed by atoms with van der Waals surface area (Å²) in [6, 6.07) is 8.71. The Morgan fingerprint density at radius 2 is 1.90 bits per heavy atom. The van der Waals surface area contributed by atoms with Crippen LogP contribution in [-0.2, 0) is 20.7 Å². The normalized spacial score (nSPS) is 11.5. The first-order chi connectivity index (χ1) is 18.6. The summed E-state index contributed by atoms with van der Waals surface area (Å²) in [5.74, 6) is -0.846. The lowest BCUT2D eigenvalue weighted by molar-refractivity contribution is -0.135. The van der Waals surface area contributed by atoms with Gasteiger partial charge < -0.3 is 19.3 Å². The van der Waals surface area contributed by atoms with Crippen LogP contribution >= 0.6 is 34.5 Å². The Bertz CT molecular complexity index is 1330. The molecule has 2 N–H and O–H groups in total.